The van der Waals surface area contributed by atoms with Crippen molar-refractivity contribution in [3.05, 3.63) is 101 Å². The Labute approximate surface area is 163 Å². The van der Waals surface area contributed by atoms with Crippen LogP contribution in [0.5, 0.6) is 11.5 Å². The summed E-state index contributed by atoms with van der Waals surface area (Å²) in [6, 6.07) is 21.5. The van der Waals surface area contributed by atoms with Gasteiger partial charge in [0.05, 0.1) is 12.7 Å². The molecular formula is C23H22FN2O2+. The number of quaternary nitrogens is 1. The van der Waals surface area contributed by atoms with E-state index in [0.29, 0.717) is 0 Å². The van der Waals surface area contributed by atoms with E-state index in [-0.39, 0.29) is 23.8 Å². The van der Waals surface area contributed by atoms with Gasteiger partial charge in [0.15, 0.2) is 6.17 Å². The molecule has 1 aliphatic rings. The molecule has 5 heteroatoms. The highest BCUT2D eigenvalue weighted by Crippen LogP contribution is 2.29. The molecule has 0 aliphatic carbocycles. The molecule has 0 radical (unpaired) electrons. The summed E-state index contributed by atoms with van der Waals surface area (Å²) in [7, 11) is 1.64. The molecule has 4 N–H and O–H groups in total. The number of hydrogen-bond acceptors (Lipinski definition) is 3. The van der Waals surface area contributed by atoms with Crippen molar-refractivity contribution in [2.45, 2.75) is 12.2 Å². The summed E-state index contributed by atoms with van der Waals surface area (Å²) in [5, 5.41) is 15.9. The van der Waals surface area contributed by atoms with Crippen molar-refractivity contribution in [1.29, 1.82) is 0 Å². The lowest BCUT2D eigenvalue weighted by atomic mass is 9.98. The molecule has 0 fully saturated rings. The van der Waals surface area contributed by atoms with Crippen molar-refractivity contribution in [2.75, 3.05) is 7.11 Å². The van der Waals surface area contributed by atoms with E-state index in [2.05, 4.69) is 16.7 Å². The van der Waals surface area contributed by atoms with E-state index in [1.807, 2.05) is 42.5 Å². The van der Waals surface area contributed by atoms with Gasteiger partial charge in [-0.15, -0.1) is 0 Å². The monoisotopic (exact) mass is 377 g/mol. The number of phenols is 1. The van der Waals surface area contributed by atoms with Crippen LogP contribution in [0.3, 0.4) is 0 Å². The predicted octanol–water partition coefficient (Wildman–Crippen LogP) is 3.49. The van der Waals surface area contributed by atoms with Crippen LogP contribution in [0, 0.1) is 5.82 Å². The first-order valence-electron chi connectivity index (χ1n) is 9.15. The second kappa shape index (κ2) is 7.74. The van der Waals surface area contributed by atoms with Gasteiger partial charge in [-0.1, -0.05) is 24.3 Å². The fourth-order valence-corrected chi connectivity index (χ4v) is 3.51. The molecule has 1 heterocycles. The third-order valence-corrected chi connectivity index (χ3v) is 4.96. The number of benzene rings is 3. The molecule has 2 atom stereocenters. The van der Waals surface area contributed by atoms with Crippen molar-refractivity contribution in [1.82, 2.24) is 5.32 Å². The minimum atomic E-state index is -0.271. The Morgan fingerprint density at radius 2 is 1.79 bits per heavy atom. The molecule has 28 heavy (non-hydrogen) atoms. The summed E-state index contributed by atoms with van der Waals surface area (Å²) in [5.41, 5.74) is 3.57. The molecule has 0 spiro atoms. The second-order valence-corrected chi connectivity index (χ2v) is 6.76. The lowest BCUT2D eigenvalue weighted by Crippen LogP contribution is -2.89. The Bertz CT molecular complexity index is 1000. The van der Waals surface area contributed by atoms with Crippen LogP contribution in [0.2, 0.25) is 0 Å². The molecule has 3 aromatic carbocycles. The zero-order chi connectivity index (χ0) is 19.5. The van der Waals surface area contributed by atoms with E-state index >= 15 is 0 Å². The van der Waals surface area contributed by atoms with Crippen LogP contribution in [0.25, 0.3) is 5.70 Å². The normalized spacial score (nSPS) is 18.9. The van der Waals surface area contributed by atoms with Gasteiger partial charge < -0.3 is 20.5 Å². The van der Waals surface area contributed by atoms with Gasteiger partial charge in [0, 0.05) is 17.3 Å². The molecule has 0 saturated heterocycles. The number of para-hydroxylation sites is 1. The van der Waals surface area contributed by atoms with Crippen molar-refractivity contribution in [3.8, 4) is 11.5 Å². The second-order valence-electron chi connectivity index (χ2n) is 6.76. The zero-order valence-corrected chi connectivity index (χ0v) is 15.5. The average molecular weight is 377 g/mol. The number of aromatic hydroxyl groups is 1. The van der Waals surface area contributed by atoms with Crippen LogP contribution in [0.1, 0.15) is 28.9 Å². The third-order valence-electron chi connectivity index (χ3n) is 4.96. The maximum atomic E-state index is 13.8. The van der Waals surface area contributed by atoms with E-state index in [0.717, 1.165) is 28.1 Å². The van der Waals surface area contributed by atoms with Gasteiger partial charge >= 0.3 is 0 Å². The predicted molar refractivity (Wildman–Crippen MR) is 106 cm³/mol. The maximum Gasteiger partial charge on any atom is 0.186 e. The number of hydrogen-bond donors (Lipinski definition) is 3. The summed E-state index contributed by atoms with van der Waals surface area (Å²) in [6.07, 6.45) is 1.88. The summed E-state index contributed by atoms with van der Waals surface area (Å²) in [5.74, 6) is 0.756. The van der Waals surface area contributed by atoms with E-state index in [1.54, 1.807) is 25.3 Å². The zero-order valence-electron chi connectivity index (χ0n) is 15.5. The Kier molecular flexibility index (Phi) is 5.00. The van der Waals surface area contributed by atoms with Gasteiger partial charge in [0.1, 0.15) is 23.4 Å². The first-order valence-corrected chi connectivity index (χ1v) is 9.15. The highest BCUT2D eigenvalue weighted by molar-refractivity contribution is 5.66. The topological polar surface area (TPSA) is 58.1 Å². The van der Waals surface area contributed by atoms with E-state index < -0.39 is 0 Å². The highest BCUT2D eigenvalue weighted by atomic mass is 19.1. The smallest absolute Gasteiger partial charge is 0.186 e. The number of nitrogens with two attached hydrogens (primary N) is 1. The van der Waals surface area contributed by atoms with Gasteiger partial charge in [-0.05, 0) is 54.1 Å². The van der Waals surface area contributed by atoms with Gasteiger partial charge in [0.2, 0.25) is 0 Å². The van der Waals surface area contributed by atoms with Crippen LogP contribution in [0.15, 0.2) is 78.9 Å². The van der Waals surface area contributed by atoms with E-state index in [9.17, 15) is 9.50 Å². The van der Waals surface area contributed by atoms with Crippen LogP contribution < -0.4 is 15.4 Å². The van der Waals surface area contributed by atoms with E-state index in [4.69, 9.17) is 4.74 Å². The maximum absolute atomic E-state index is 13.8. The standard InChI is InChI=1S/C23H21FN2O2/c1-28-18-11-9-15(10-12-18)20-14-21(19-7-2-3-8-22(19)27)26-23(25-20)16-5-4-6-17(24)13-16/h2-14,21,23,25-27H,1H3/p+1. The average Bonchev–Trinajstić information content (AvgIpc) is 2.74. The number of phenolic OH excluding ortho intramolecular Hbond substituents is 1. The Morgan fingerprint density at radius 3 is 2.50 bits per heavy atom. The van der Waals surface area contributed by atoms with Crippen molar-refractivity contribution in [2.24, 2.45) is 0 Å². The van der Waals surface area contributed by atoms with Crippen molar-refractivity contribution >= 4 is 5.70 Å². The fraction of sp³-hybridized carbons (Fsp3) is 0.130. The van der Waals surface area contributed by atoms with Crippen molar-refractivity contribution < 1.29 is 19.6 Å². The Balaban J connectivity index is 1.75. The molecule has 0 saturated carbocycles. The summed E-state index contributed by atoms with van der Waals surface area (Å²) < 4.78 is 19.0. The number of methoxy groups -OCH3 is 1. The molecular weight excluding hydrogens is 355 g/mol. The van der Waals surface area contributed by atoms with Crippen LogP contribution >= 0.6 is 0 Å². The Hall–Kier alpha value is -3.31. The third kappa shape index (κ3) is 3.70. The molecule has 1 aliphatic heterocycles. The first kappa shape index (κ1) is 18.1. The van der Waals surface area contributed by atoms with Gasteiger partial charge in [0.25, 0.3) is 0 Å². The molecule has 2 unspecified atom stereocenters. The molecule has 4 rings (SSSR count). The molecule has 0 amide bonds. The highest BCUT2D eigenvalue weighted by Gasteiger charge is 2.29. The number of rotatable bonds is 4. The summed E-state index contributed by atoms with van der Waals surface area (Å²) in [4.78, 5) is 0. The summed E-state index contributed by atoms with van der Waals surface area (Å²) in [6.45, 7) is 0. The number of halogens is 1. The quantitative estimate of drug-likeness (QED) is 0.652. The van der Waals surface area contributed by atoms with E-state index in [1.165, 1.54) is 12.1 Å². The fourth-order valence-electron chi connectivity index (χ4n) is 3.51. The largest absolute Gasteiger partial charge is 0.507 e. The number of nitrogens with one attached hydrogen (secondary N) is 1. The minimum Gasteiger partial charge on any atom is -0.507 e. The first-order chi connectivity index (χ1) is 13.6. The molecule has 3 aromatic rings. The SMILES string of the molecule is COc1ccc(C2=CC(c3ccccc3O)[NH2+]C(c3cccc(F)c3)N2)cc1. The lowest BCUT2D eigenvalue weighted by molar-refractivity contribution is -0.731. The van der Waals surface area contributed by atoms with Gasteiger partial charge in [-0.2, -0.15) is 0 Å². The molecule has 142 valence electrons. The number of ether oxygens (including phenoxy) is 1. The molecule has 0 bridgehead atoms. The van der Waals surface area contributed by atoms with Crippen molar-refractivity contribution in [3.63, 3.8) is 0 Å². The van der Waals surface area contributed by atoms with Gasteiger partial charge in [-0.25, -0.2) is 4.39 Å². The minimum absolute atomic E-state index is 0.118. The van der Waals surface area contributed by atoms with Crippen LogP contribution in [-0.2, 0) is 0 Å². The molecule has 0 aromatic heterocycles. The van der Waals surface area contributed by atoms with Crippen LogP contribution in [0.4, 0.5) is 4.39 Å². The van der Waals surface area contributed by atoms with Gasteiger partial charge in [-0.3, -0.25) is 0 Å². The van der Waals surface area contributed by atoms with Crippen LogP contribution in [-0.4, -0.2) is 12.2 Å². The lowest BCUT2D eigenvalue weighted by Gasteiger charge is -2.30. The molecule has 4 nitrogen and oxygen atoms in total. The summed E-state index contributed by atoms with van der Waals surface area (Å²) >= 11 is 0. The Morgan fingerprint density at radius 1 is 1.00 bits per heavy atom.